The van der Waals surface area contributed by atoms with Crippen LogP contribution in [0.2, 0.25) is 0 Å². The summed E-state index contributed by atoms with van der Waals surface area (Å²) < 4.78 is 0. The first-order valence-electron chi connectivity index (χ1n) is 7.62. The van der Waals surface area contributed by atoms with E-state index in [1.165, 1.54) is 11.3 Å². The van der Waals surface area contributed by atoms with Crippen molar-refractivity contribution in [2.75, 3.05) is 31.6 Å². The molecule has 1 saturated heterocycles. The number of aryl methyl sites for hydroxylation is 1. The van der Waals surface area contributed by atoms with Crippen LogP contribution in [0, 0.1) is 6.92 Å². The third-order valence-electron chi connectivity index (χ3n) is 3.87. The molecule has 3 heterocycles. The average Bonchev–Trinajstić information content (AvgIpc) is 2.93. The van der Waals surface area contributed by atoms with E-state index in [0.29, 0.717) is 5.92 Å². The van der Waals surface area contributed by atoms with E-state index in [1.807, 2.05) is 19.1 Å². The van der Waals surface area contributed by atoms with E-state index in [1.54, 1.807) is 0 Å². The molecule has 118 valence electrons. The van der Waals surface area contributed by atoms with Gasteiger partial charge < -0.3 is 15.3 Å². The van der Waals surface area contributed by atoms with Crippen LogP contribution in [0.4, 0.5) is 10.9 Å². The molecule has 7 heteroatoms. The van der Waals surface area contributed by atoms with Gasteiger partial charge in [0.2, 0.25) is 5.13 Å². The van der Waals surface area contributed by atoms with Gasteiger partial charge in [-0.1, -0.05) is 17.4 Å². The zero-order valence-electron chi connectivity index (χ0n) is 12.7. The first-order chi connectivity index (χ1) is 10.7. The van der Waals surface area contributed by atoms with Crippen molar-refractivity contribution < 1.29 is 5.11 Å². The SMILES string of the molecule is Cc1nnc(Nc2cccc(C3CCCN(CCO)C3)n2)s1. The third-order valence-corrected chi connectivity index (χ3v) is 4.63. The van der Waals surface area contributed by atoms with Crippen molar-refractivity contribution >= 4 is 22.3 Å². The maximum absolute atomic E-state index is 9.11. The molecular formula is C15H21N5OS. The fraction of sp³-hybridized carbons (Fsp3) is 0.533. The van der Waals surface area contributed by atoms with Crippen LogP contribution >= 0.6 is 11.3 Å². The van der Waals surface area contributed by atoms with Crippen molar-refractivity contribution in [3.05, 3.63) is 28.9 Å². The number of aliphatic hydroxyl groups excluding tert-OH is 1. The summed E-state index contributed by atoms with van der Waals surface area (Å²) in [5.41, 5.74) is 1.11. The van der Waals surface area contributed by atoms with Gasteiger partial charge in [-0.25, -0.2) is 4.98 Å². The van der Waals surface area contributed by atoms with Crippen molar-refractivity contribution in [2.45, 2.75) is 25.7 Å². The van der Waals surface area contributed by atoms with Crippen LogP contribution in [0.3, 0.4) is 0 Å². The number of anilines is 2. The van der Waals surface area contributed by atoms with Crippen LogP contribution in [0.5, 0.6) is 0 Å². The van der Waals surface area contributed by atoms with E-state index in [0.717, 1.165) is 54.1 Å². The van der Waals surface area contributed by atoms with Crippen LogP contribution in [0.1, 0.15) is 29.5 Å². The number of β-amino-alcohol motifs (C(OH)–C–C–N with tert-alkyl or cyclic N) is 1. The lowest BCUT2D eigenvalue weighted by Crippen LogP contribution is -2.36. The Balaban J connectivity index is 1.70. The average molecular weight is 319 g/mol. The molecule has 1 aliphatic rings. The number of aromatic nitrogens is 3. The van der Waals surface area contributed by atoms with Gasteiger partial charge in [0, 0.05) is 24.7 Å². The number of piperidine rings is 1. The van der Waals surface area contributed by atoms with Gasteiger partial charge in [-0.05, 0) is 38.4 Å². The molecule has 0 amide bonds. The summed E-state index contributed by atoms with van der Waals surface area (Å²) in [6.07, 6.45) is 2.30. The molecule has 6 nitrogen and oxygen atoms in total. The summed E-state index contributed by atoms with van der Waals surface area (Å²) in [6.45, 7) is 4.94. The topological polar surface area (TPSA) is 74.2 Å². The molecule has 1 aliphatic heterocycles. The fourth-order valence-electron chi connectivity index (χ4n) is 2.85. The van der Waals surface area contributed by atoms with Crippen LogP contribution < -0.4 is 5.32 Å². The monoisotopic (exact) mass is 319 g/mol. The molecule has 2 N–H and O–H groups in total. The zero-order valence-corrected chi connectivity index (χ0v) is 13.5. The van der Waals surface area contributed by atoms with Gasteiger partial charge in [-0.3, -0.25) is 0 Å². The summed E-state index contributed by atoms with van der Waals surface area (Å²) >= 11 is 1.52. The van der Waals surface area contributed by atoms with Crippen molar-refractivity contribution in [1.82, 2.24) is 20.1 Å². The second kappa shape index (κ2) is 7.13. The minimum absolute atomic E-state index is 0.220. The molecule has 2 aromatic rings. The Morgan fingerprint density at radius 1 is 1.41 bits per heavy atom. The van der Waals surface area contributed by atoms with Crippen molar-refractivity contribution in [3.63, 3.8) is 0 Å². The van der Waals surface area contributed by atoms with Crippen molar-refractivity contribution in [2.24, 2.45) is 0 Å². The lowest BCUT2D eigenvalue weighted by atomic mass is 9.94. The summed E-state index contributed by atoms with van der Waals surface area (Å²) in [4.78, 5) is 7.04. The zero-order chi connectivity index (χ0) is 15.4. The Bertz CT molecular complexity index is 615. The molecule has 3 rings (SSSR count). The second-order valence-electron chi connectivity index (χ2n) is 5.56. The Labute approximate surface area is 134 Å². The van der Waals surface area contributed by atoms with Crippen LogP contribution in [-0.2, 0) is 0 Å². The van der Waals surface area contributed by atoms with Crippen LogP contribution in [-0.4, -0.2) is 51.4 Å². The summed E-state index contributed by atoms with van der Waals surface area (Å²) in [7, 11) is 0. The summed E-state index contributed by atoms with van der Waals surface area (Å²) in [5, 5.41) is 22.1. The van der Waals surface area contributed by atoms with Gasteiger partial charge in [-0.2, -0.15) is 0 Å². The van der Waals surface area contributed by atoms with Gasteiger partial charge in [0.1, 0.15) is 10.8 Å². The fourth-order valence-corrected chi connectivity index (χ4v) is 3.45. The molecule has 2 aromatic heterocycles. The molecule has 0 aromatic carbocycles. The largest absolute Gasteiger partial charge is 0.395 e. The maximum atomic E-state index is 9.11. The molecular weight excluding hydrogens is 298 g/mol. The van der Waals surface area contributed by atoms with Gasteiger partial charge in [0.05, 0.1) is 6.61 Å². The standard InChI is InChI=1S/C15H21N5OS/c1-11-18-19-15(22-11)17-14-6-2-5-13(16-14)12-4-3-7-20(10-12)8-9-21/h2,5-6,12,21H,3-4,7-10H2,1H3,(H,16,17,19). The normalized spacial score (nSPS) is 19.3. The van der Waals surface area contributed by atoms with E-state index < -0.39 is 0 Å². The smallest absolute Gasteiger partial charge is 0.211 e. The lowest BCUT2D eigenvalue weighted by molar-refractivity contribution is 0.160. The highest BCUT2D eigenvalue weighted by atomic mass is 32.1. The van der Waals surface area contributed by atoms with E-state index in [9.17, 15) is 0 Å². The number of aliphatic hydroxyl groups is 1. The number of likely N-dealkylation sites (tertiary alicyclic amines) is 1. The van der Waals surface area contributed by atoms with E-state index in [4.69, 9.17) is 10.1 Å². The van der Waals surface area contributed by atoms with Crippen molar-refractivity contribution in [1.29, 1.82) is 0 Å². The molecule has 1 unspecified atom stereocenters. The minimum atomic E-state index is 0.220. The Morgan fingerprint density at radius 3 is 3.09 bits per heavy atom. The van der Waals surface area contributed by atoms with Gasteiger partial charge in [0.25, 0.3) is 0 Å². The molecule has 22 heavy (non-hydrogen) atoms. The second-order valence-corrected chi connectivity index (χ2v) is 6.74. The Kier molecular flexibility index (Phi) is 4.97. The molecule has 1 fully saturated rings. The molecule has 0 spiro atoms. The van der Waals surface area contributed by atoms with E-state index in [2.05, 4.69) is 26.5 Å². The van der Waals surface area contributed by atoms with Gasteiger partial charge in [-0.15, -0.1) is 10.2 Å². The molecule has 0 radical (unpaired) electrons. The van der Waals surface area contributed by atoms with Gasteiger partial charge in [0.15, 0.2) is 0 Å². The summed E-state index contributed by atoms with van der Waals surface area (Å²) in [6, 6.07) is 6.07. The highest BCUT2D eigenvalue weighted by Gasteiger charge is 2.22. The maximum Gasteiger partial charge on any atom is 0.211 e. The minimum Gasteiger partial charge on any atom is -0.395 e. The number of nitrogens with zero attached hydrogens (tertiary/aromatic N) is 4. The number of rotatable bonds is 5. The molecule has 0 bridgehead atoms. The number of pyridine rings is 1. The Hall–Kier alpha value is -1.57. The lowest BCUT2D eigenvalue weighted by Gasteiger charge is -2.32. The number of hydrogen-bond acceptors (Lipinski definition) is 7. The Morgan fingerprint density at radius 2 is 2.32 bits per heavy atom. The van der Waals surface area contributed by atoms with Gasteiger partial charge >= 0.3 is 0 Å². The number of nitrogens with one attached hydrogen (secondary N) is 1. The predicted octanol–water partition coefficient (Wildman–Crippen LogP) is 2.16. The molecule has 1 atom stereocenters. The van der Waals surface area contributed by atoms with E-state index in [-0.39, 0.29) is 6.61 Å². The van der Waals surface area contributed by atoms with E-state index >= 15 is 0 Å². The summed E-state index contributed by atoms with van der Waals surface area (Å²) in [5.74, 6) is 1.24. The van der Waals surface area contributed by atoms with Crippen LogP contribution in [0.15, 0.2) is 18.2 Å². The third kappa shape index (κ3) is 3.79. The first-order valence-corrected chi connectivity index (χ1v) is 8.43. The van der Waals surface area contributed by atoms with Crippen molar-refractivity contribution in [3.8, 4) is 0 Å². The first kappa shape index (κ1) is 15.3. The highest BCUT2D eigenvalue weighted by Crippen LogP contribution is 2.27. The highest BCUT2D eigenvalue weighted by molar-refractivity contribution is 7.15. The molecule has 0 saturated carbocycles. The van der Waals surface area contributed by atoms with Crippen LogP contribution in [0.25, 0.3) is 0 Å². The molecule has 0 aliphatic carbocycles. The quantitative estimate of drug-likeness (QED) is 0.880. The number of hydrogen-bond donors (Lipinski definition) is 2. The predicted molar refractivity (Wildman–Crippen MR) is 87.7 cm³/mol.